The van der Waals surface area contributed by atoms with E-state index in [9.17, 15) is 14.7 Å². The molecule has 0 spiro atoms. The molecular formula is C25H37N3O4. The minimum Gasteiger partial charge on any atom is -0.488 e. The molecule has 0 unspecified atom stereocenters. The summed E-state index contributed by atoms with van der Waals surface area (Å²) in [7, 11) is 2.14. The summed E-state index contributed by atoms with van der Waals surface area (Å²) in [6.07, 6.45) is 4.61. The summed E-state index contributed by atoms with van der Waals surface area (Å²) in [6, 6.07) is 5.37. The Kier molecular flexibility index (Phi) is 7.05. The first-order valence-electron chi connectivity index (χ1n) is 12.0. The van der Waals surface area contributed by atoms with Crippen molar-refractivity contribution in [2.45, 2.75) is 58.1 Å². The quantitative estimate of drug-likeness (QED) is 0.645. The van der Waals surface area contributed by atoms with E-state index in [1.807, 2.05) is 25.1 Å². The monoisotopic (exact) mass is 443 g/mol. The minimum atomic E-state index is -0.255. The summed E-state index contributed by atoms with van der Waals surface area (Å²) in [5.41, 5.74) is 1.48. The molecule has 2 saturated carbocycles. The molecule has 2 amide bonds. The van der Waals surface area contributed by atoms with E-state index in [1.165, 1.54) is 12.8 Å². The number of hydrogen-bond donors (Lipinski definition) is 2. The Morgan fingerprint density at radius 2 is 2.03 bits per heavy atom. The molecule has 0 aromatic heterocycles. The highest BCUT2D eigenvalue weighted by molar-refractivity contribution is 5.94. The second kappa shape index (κ2) is 9.79. The van der Waals surface area contributed by atoms with Gasteiger partial charge < -0.3 is 25.0 Å². The maximum Gasteiger partial charge on any atom is 0.227 e. The molecule has 1 aromatic rings. The summed E-state index contributed by atoms with van der Waals surface area (Å²) in [4.78, 5) is 29.6. The van der Waals surface area contributed by atoms with E-state index in [2.05, 4.69) is 24.2 Å². The highest BCUT2D eigenvalue weighted by Gasteiger charge is 2.33. The number of fused-ring (bicyclic) bond motifs is 1. The topological polar surface area (TPSA) is 82.1 Å². The van der Waals surface area contributed by atoms with Gasteiger partial charge in [-0.1, -0.05) is 6.92 Å². The standard InChI is InChI=1S/C25H37N3O4/c1-16-12-28(17(2)15-29)24(30)11-20-10-21(26-25(31)19-6-7-19)8-9-22(20)32-23(16)14-27(3)13-18-4-5-18/h8-10,16-19,23,29H,4-7,11-15H2,1-3H3,(H,26,31)/t16-,17-,23-/m1/s1. The van der Waals surface area contributed by atoms with Gasteiger partial charge in [0.15, 0.2) is 0 Å². The lowest BCUT2D eigenvalue weighted by Crippen LogP contribution is -2.47. The second-order valence-corrected chi connectivity index (χ2v) is 10.1. The maximum absolute atomic E-state index is 13.2. The van der Waals surface area contributed by atoms with Crippen LogP contribution < -0.4 is 10.1 Å². The summed E-state index contributed by atoms with van der Waals surface area (Å²) < 4.78 is 6.54. The first-order chi connectivity index (χ1) is 15.3. The molecule has 3 aliphatic rings. The molecule has 2 fully saturated rings. The number of anilines is 1. The molecule has 2 aliphatic carbocycles. The molecule has 0 saturated heterocycles. The smallest absolute Gasteiger partial charge is 0.227 e. The Labute approximate surface area is 191 Å². The van der Waals surface area contributed by atoms with Crippen molar-refractivity contribution < 1.29 is 19.4 Å². The molecule has 7 nitrogen and oxygen atoms in total. The summed E-state index contributed by atoms with van der Waals surface area (Å²) >= 11 is 0. The van der Waals surface area contributed by atoms with Gasteiger partial charge in [0.1, 0.15) is 11.9 Å². The highest BCUT2D eigenvalue weighted by Crippen LogP contribution is 2.33. The minimum absolute atomic E-state index is 0.0269. The molecule has 1 aromatic carbocycles. The lowest BCUT2D eigenvalue weighted by Gasteiger charge is -2.34. The van der Waals surface area contributed by atoms with Crippen molar-refractivity contribution in [2.75, 3.05) is 38.6 Å². The van der Waals surface area contributed by atoms with Gasteiger partial charge in [-0.3, -0.25) is 9.59 Å². The van der Waals surface area contributed by atoms with Crippen molar-refractivity contribution >= 4 is 17.5 Å². The summed E-state index contributed by atoms with van der Waals surface area (Å²) in [5.74, 6) is 1.74. The van der Waals surface area contributed by atoms with Crippen molar-refractivity contribution in [3.63, 3.8) is 0 Å². The average Bonchev–Trinajstić information content (AvgIpc) is 3.66. The Hall–Kier alpha value is -2.12. The van der Waals surface area contributed by atoms with Crippen molar-refractivity contribution in [3.05, 3.63) is 23.8 Å². The van der Waals surface area contributed by atoms with Crippen LogP contribution >= 0.6 is 0 Å². The summed E-state index contributed by atoms with van der Waals surface area (Å²) in [5, 5.41) is 12.7. The first-order valence-corrected chi connectivity index (χ1v) is 12.0. The van der Waals surface area contributed by atoms with Gasteiger partial charge in [0.25, 0.3) is 0 Å². The van der Waals surface area contributed by atoms with Crippen LogP contribution in [0.3, 0.4) is 0 Å². The fraction of sp³-hybridized carbons (Fsp3) is 0.680. The Bertz CT molecular complexity index is 836. The molecule has 0 radical (unpaired) electrons. The zero-order chi connectivity index (χ0) is 22.8. The molecule has 4 rings (SSSR count). The Morgan fingerprint density at radius 1 is 1.28 bits per heavy atom. The van der Waals surface area contributed by atoms with Crippen LogP contribution in [0.2, 0.25) is 0 Å². The third-order valence-electron chi connectivity index (χ3n) is 6.89. The summed E-state index contributed by atoms with van der Waals surface area (Å²) in [6.45, 7) is 6.33. The van der Waals surface area contributed by atoms with Gasteiger partial charge in [-0.25, -0.2) is 0 Å². The van der Waals surface area contributed by atoms with Crippen LogP contribution in [0.25, 0.3) is 0 Å². The van der Waals surface area contributed by atoms with Crippen molar-refractivity contribution in [2.24, 2.45) is 17.8 Å². The maximum atomic E-state index is 13.2. The third-order valence-corrected chi connectivity index (χ3v) is 6.89. The molecule has 1 heterocycles. The van der Waals surface area contributed by atoms with Gasteiger partial charge in [0.05, 0.1) is 19.1 Å². The van der Waals surface area contributed by atoms with Crippen molar-refractivity contribution in [1.29, 1.82) is 0 Å². The highest BCUT2D eigenvalue weighted by atomic mass is 16.5. The van der Waals surface area contributed by atoms with E-state index >= 15 is 0 Å². The van der Waals surface area contributed by atoms with Crippen LogP contribution in [0.4, 0.5) is 5.69 Å². The van der Waals surface area contributed by atoms with E-state index in [0.29, 0.717) is 18.0 Å². The molecule has 32 heavy (non-hydrogen) atoms. The number of aliphatic hydroxyl groups excluding tert-OH is 1. The molecule has 1 aliphatic heterocycles. The number of nitrogens with one attached hydrogen (secondary N) is 1. The van der Waals surface area contributed by atoms with E-state index in [0.717, 1.165) is 37.4 Å². The average molecular weight is 444 g/mol. The molecule has 7 heteroatoms. The van der Waals surface area contributed by atoms with Gasteiger partial charge in [-0.15, -0.1) is 0 Å². The molecule has 176 valence electrons. The number of benzene rings is 1. The lowest BCUT2D eigenvalue weighted by molar-refractivity contribution is -0.134. The van der Waals surface area contributed by atoms with Crippen LogP contribution in [0.1, 0.15) is 45.1 Å². The van der Waals surface area contributed by atoms with E-state index < -0.39 is 0 Å². The molecule has 3 atom stereocenters. The number of carbonyl (C=O) groups is 2. The fourth-order valence-electron chi connectivity index (χ4n) is 4.44. The van der Waals surface area contributed by atoms with Crippen molar-refractivity contribution in [1.82, 2.24) is 9.80 Å². The number of rotatable bonds is 8. The Balaban J connectivity index is 1.59. The predicted molar refractivity (Wildman–Crippen MR) is 124 cm³/mol. The van der Waals surface area contributed by atoms with E-state index in [4.69, 9.17) is 4.74 Å². The number of aliphatic hydroxyl groups is 1. The van der Waals surface area contributed by atoms with Gasteiger partial charge >= 0.3 is 0 Å². The van der Waals surface area contributed by atoms with Gasteiger partial charge in [-0.2, -0.15) is 0 Å². The van der Waals surface area contributed by atoms with Gasteiger partial charge in [0, 0.05) is 42.7 Å². The lowest BCUT2D eigenvalue weighted by atomic mass is 10.0. The largest absolute Gasteiger partial charge is 0.488 e. The zero-order valence-electron chi connectivity index (χ0n) is 19.5. The SMILES string of the molecule is C[C@@H]1CN([C@H](C)CO)C(=O)Cc2cc(NC(=O)C3CC3)ccc2O[C@@H]1CN(C)CC1CC1. The van der Waals surface area contributed by atoms with Crippen LogP contribution in [-0.4, -0.2) is 72.2 Å². The number of amides is 2. The van der Waals surface area contributed by atoms with Crippen LogP contribution in [0.15, 0.2) is 18.2 Å². The number of hydrogen-bond acceptors (Lipinski definition) is 5. The van der Waals surface area contributed by atoms with Gasteiger partial charge in [0.2, 0.25) is 11.8 Å². The van der Waals surface area contributed by atoms with Crippen LogP contribution in [0.5, 0.6) is 5.75 Å². The number of likely N-dealkylation sites (N-methyl/N-ethyl adjacent to an activating group) is 1. The van der Waals surface area contributed by atoms with E-state index in [-0.39, 0.29) is 48.8 Å². The number of ether oxygens (including phenoxy) is 1. The van der Waals surface area contributed by atoms with Crippen molar-refractivity contribution in [3.8, 4) is 5.75 Å². The normalized spacial score (nSPS) is 24.8. The van der Waals surface area contributed by atoms with Gasteiger partial charge in [-0.05, 0) is 63.8 Å². The first kappa shape index (κ1) is 23.1. The zero-order valence-corrected chi connectivity index (χ0v) is 19.5. The molecule has 2 N–H and O–H groups in total. The second-order valence-electron chi connectivity index (χ2n) is 10.1. The number of carbonyl (C=O) groups excluding carboxylic acids is 2. The fourth-order valence-corrected chi connectivity index (χ4v) is 4.44. The van der Waals surface area contributed by atoms with E-state index in [1.54, 1.807) is 4.90 Å². The third kappa shape index (κ3) is 5.81. The Morgan fingerprint density at radius 3 is 2.69 bits per heavy atom. The molecular weight excluding hydrogens is 406 g/mol. The molecule has 0 bridgehead atoms. The van der Waals surface area contributed by atoms with Crippen LogP contribution in [0, 0.1) is 17.8 Å². The predicted octanol–water partition coefficient (Wildman–Crippen LogP) is 2.53. The number of nitrogens with zero attached hydrogens (tertiary/aromatic N) is 2. The van der Waals surface area contributed by atoms with Crippen LogP contribution in [-0.2, 0) is 16.0 Å².